The smallest absolute Gasteiger partial charge is 0.412 e. The summed E-state index contributed by atoms with van der Waals surface area (Å²) < 4.78 is 16.6. The van der Waals surface area contributed by atoms with Crippen LogP contribution in [0, 0.1) is 6.92 Å². The van der Waals surface area contributed by atoms with Crippen molar-refractivity contribution in [3.63, 3.8) is 0 Å². The number of thiol groups is 1. The minimum Gasteiger partial charge on any atom is -0.507 e. The Morgan fingerprint density at radius 3 is 2.39 bits per heavy atom. The van der Waals surface area contributed by atoms with Gasteiger partial charge in [0.2, 0.25) is 0 Å². The number of aryl methyl sites for hydroxylation is 1. The highest BCUT2D eigenvalue weighted by molar-refractivity contribution is 7.81. The van der Waals surface area contributed by atoms with Crippen LogP contribution in [0.4, 0.5) is 10.5 Å². The van der Waals surface area contributed by atoms with Crippen LogP contribution in [0.25, 0.3) is 10.8 Å². The van der Waals surface area contributed by atoms with Gasteiger partial charge in [-0.15, -0.1) is 0 Å². The van der Waals surface area contributed by atoms with Crippen molar-refractivity contribution in [2.24, 2.45) is 0 Å². The molecule has 0 aliphatic rings. The molecule has 0 aromatic heterocycles. The highest BCUT2D eigenvalue weighted by Crippen LogP contribution is 2.35. The second-order valence-electron chi connectivity index (χ2n) is 7.48. The average Bonchev–Trinajstić information content (AvgIpc) is 2.82. The van der Waals surface area contributed by atoms with Crippen LogP contribution in [-0.4, -0.2) is 42.7 Å². The highest BCUT2D eigenvalue weighted by Gasteiger charge is 2.29. The molecule has 0 heterocycles. The third-order valence-electron chi connectivity index (χ3n) is 5.21. The second-order valence-corrected chi connectivity index (χ2v) is 7.79. The van der Waals surface area contributed by atoms with Gasteiger partial charge in [-0.1, -0.05) is 48.0 Å². The normalized spacial score (nSPS) is 12.7. The maximum atomic E-state index is 12.8. The summed E-state index contributed by atoms with van der Waals surface area (Å²) in [6.07, 6.45) is -1.82. The first-order chi connectivity index (χ1) is 15.9. The maximum Gasteiger partial charge on any atom is 0.412 e. The lowest BCUT2D eigenvalue weighted by Gasteiger charge is -2.27. The topological polar surface area (TPSA) is 94.1 Å². The Kier molecular flexibility index (Phi) is 8.57. The summed E-state index contributed by atoms with van der Waals surface area (Å²) in [5.41, 5.74) is 2.32. The van der Waals surface area contributed by atoms with Gasteiger partial charge in [0.1, 0.15) is 11.9 Å². The van der Waals surface area contributed by atoms with Crippen LogP contribution in [-0.2, 0) is 19.0 Å². The molecular formula is C25H27NO6S. The molecule has 33 heavy (non-hydrogen) atoms. The number of hydrogen-bond donors (Lipinski definition) is 3. The van der Waals surface area contributed by atoms with Gasteiger partial charge in [0.05, 0.1) is 12.4 Å². The van der Waals surface area contributed by atoms with E-state index in [9.17, 15) is 14.7 Å². The maximum absolute atomic E-state index is 12.8. The van der Waals surface area contributed by atoms with E-state index in [1.807, 2.05) is 37.3 Å². The molecule has 8 heteroatoms. The number of amides is 1. The molecule has 7 nitrogen and oxygen atoms in total. The number of carbonyl (C=O) groups is 2. The summed E-state index contributed by atoms with van der Waals surface area (Å²) in [6, 6.07) is 17.9. The number of nitrogens with one attached hydrogen (secondary N) is 1. The zero-order valence-corrected chi connectivity index (χ0v) is 19.4. The second kappa shape index (κ2) is 11.6. The van der Waals surface area contributed by atoms with E-state index in [-0.39, 0.29) is 24.5 Å². The zero-order valence-electron chi connectivity index (χ0n) is 18.5. The Bertz CT molecular complexity index is 1100. The molecule has 0 bridgehead atoms. The van der Waals surface area contributed by atoms with E-state index in [2.05, 4.69) is 17.9 Å². The van der Waals surface area contributed by atoms with Crippen LogP contribution in [0.3, 0.4) is 0 Å². The van der Waals surface area contributed by atoms with Crippen molar-refractivity contribution >= 4 is 41.2 Å². The number of carbonyl (C=O) groups excluding carboxylic acids is 2. The molecule has 174 valence electrons. The number of rotatable bonds is 9. The van der Waals surface area contributed by atoms with Crippen LogP contribution in [0.5, 0.6) is 5.75 Å². The number of fused-ring (bicyclic) bond motifs is 1. The van der Waals surface area contributed by atoms with Crippen molar-refractivity contribution in [3.05, 3.63) is 71.8 Å². The van der Waals surface area contributed by atoms with Crippen molar-refractivity contribution in [1.82, 2.24) is 0 Å². The van der Waals surface area contributed by atoms with E-state index in [1.54, 1.807) is 30.3 Å². The molecule has 0 saturated heterocycles. The van der Waals surface area contributed by atoms with Crippen molar-refractivity contribution in [3.8, 4) is 5.75 Å². The zero-order chi connectivity index (χ0) is 23.8. The van der Waals surface area contributed by atoms with Gasteiger partial charge in [0.15, 0.2) is 6.10 Å². The van der Waals surface area contributed by atoms with Gasteiger partial charge in [-0.3, -0.25) is 10.1 Å². The number of esters is 1. The molecule has 0 aliphatic carbocycles. The van der Waals surface area contributed by atoms with Gasteiger partial charge < -0.3 is 19.3 Å². The predicted octanol–water partition coefficient (Wildman–Crippen LogP) is 5.02. The van der Waals surface area contributed by atoms with E-state index in [0.717, 1.165) is 10.9 Å². The van der Waals surface area contributed by atoms with Gasteiger partial charge in [-0.05, 0) is 30.5 Å². The fraction of sp³-hybridized carbons (Fsp3) is 0.280. The van der Waals surface area contributed by atoms with Crippen LogP contribution >= 0.6 is 12.6 Å². The minimum absolute atomic E-state index is 0.0286. The fourth-order valence-corrected chi connectivity index (χ4v) is 3.61. The number of hydrogen-bond acceptors (Lipinski definition) is 7. The van der Waals surface area contributed by atoms with Gasteiger partial charge in [0.25, 0.3) is 0 Å². The molecule has 1 amide bonds. The lowest BCUT2D eigenvalue weighted by Crippen LogP contribution is -2.29. The van der Waals surface area contributed by atoms with E-state index >= 15 is 0 Å². The molecule has 0 unspecified atom stereocenters. The summed E-state index contributed by atoms with van der Waals surface area (Å²) in [5, 5.41) is 14.4. The van der Waals surface area contributed by atoms with Gasteiger partial charge in [-0.25, -0.2) is 4.79 Å². The molecule has 0 saturated carbocycles. The van der Waals surface area contributed by atoms with Gasteiger partial charge in [-0.2, -0.15) is 12.6 Å². The summed E-state index contributed by atoms with van der Waals surface area (Å²) in [5.74, 6) is -0.356. The Hall–Kier alpha value is -3.23. The minimum atomic E-state index is -0.833. The van der Waals surface area contributed by atoms with E-state index in [1.165, 1.54) is 7.11 Å². The quantitative estimate of drug-likeness (QED) is 0.301. The molecule has 0 spiro atoms. The van der Waals surface area contributed by atoms with Crippen LogP contribution in [0.15, 0.2) is 60.7 Å². The van der Waals surface area contributed by atoms with E-state index in [0.29, 0.717) is 16.6 Å². The third-order valence-corrected chi connectivity index (χ3v) is 5.47. The summed E-state index contributed by atoms with van der Waals surface area (Å²) >= 11 is 3.90. The van der Waals surface area contributed by atoms with Crippen LogP contribution in [0.1, 0.15) is 23.7 Å². The number of phenols is 1. The standard InChI is InChI=1S/C25H27NO6S/c1-16-7-9-17(10-8-16)26-25(29)32-24(22(30-2)13-14-31-23(28)15-33)20-11-12-21(27)19-6-4-3-5-18(19)20/h3-12,22,24,27,33H,13-15H2,1-2H3,(H,26,29)/t22-,24-/m0/s1. The Balaban J connectivity index is 1.90. The Morgan fingerprint density at radius 1 is 1.03 bits per heavy atom. The predicted molar refractivity (Wildman–Crippen MR) is 130 cm³/mol. The molecule has 0 fully saturated rings. The van der Waals surface area contributed by atoms with Crippen molar-refractivity contribution in [1.29, 1.82) is 0 Å². The molecule has 3 aromatic rings. The van der Waals surface area contributed by atoms with E-state index in [4.69, 9.17) is 14.2 Å². The monoisotopic (exact) mass is 469 g/mol. The largest absolute Gasteiger partial charge is 0.507 e. The fourth-order valence-electron chi connectivity index (χ4n) is 3.52. The molecule has 0 radical (unpaired) electrons. The summed E-state index contributed by atoms with van der Waals surface area (Å²) in [4.78, 5) is 24.3. The molecule has 2 N–H and O–H groups in total. The lowest BCUT2D eigenvalue weighted by molar-refractivity contribution is -0.141. The number of anilines is 1. The van der Waals surface area contributed by atoms with Gasteiger partial charge in [0, 0.05) is 30.2 Å². The third kappa shape index (κ3) is 6.40. The molecule has 3 rings (SSSR count). The lowest BCUT2D eigenvalue weighted by atomic mass is 9.95. The summed E-state index contributed by atoms with van der Waals surface area (Å²) in [7, 11) is 1.50. The SMILES string of the molecule is CO[C@@H](CCOC(=O)CS)[C@@H](OC(=O)Nc1ccc(C)cc1)c1ccc(O)c2ccccc12. The first-order valence-corrected chi connectivity index (χ1v) is 11.1. The number of methoxy groups -OCH3 is 1. The first kappa shape index (κ1) is 24.4. The molecule has 3 aromatic carbocycles. The van der Waals surface area contributed by atoms with E-state index < -0.39 is 24.3 Å². The average molecular weight is 470 g/mol. The van der Waals surface area contributed by atoms with Crippen molar-refractivity contribution < 1.29 is 28.9 Å². The van der Waals surface area contributed by atoms with Crippen LogP contribution < -0.4 is 5.32 Å². The van der Waals surface area contributed by atoms with Crippen molar-refractivity contribution in [2.45, 2.75) is 25.6 Å². The number of ether oxygens (including phenoxy) is 3. The number of aromatic hydroxyl groups is 1. The molecule has 2 atom stereocenters. The Labute approximate surface area is 198 Å². The molecular weight excluding hydrogens is 442 g/mol. The van der Waals surface area contributed by atoms with Crippen molar-refractivity contribution in [2.75, 3.05) is 24.8 Å². The first-order valence-electron chi connectivity index (χ1n) is 10.5. The number of benzene rings is 3. The highest BCUT2D eigenvalue weighted by atomic mass is 32.1. The van der Waals surface area contributed by atoms with Gasteiger partial charge >= 0.3 is 12.1 Å². The summed E-state index contributed by atoms with van der Waals surface area (Å²) in [6.45, 7) is 2.03. The number of phenolic OH excluding ortho intramolecular Hbond substituents is 1. The molecule has 0 aliphatic heterocycles. The van der Waals surface area contributed by atoms with Crippen LogP contribution in [0.2, 0.25) is 0 Å². The Morgan fingerprint density at radius 2 is 1.73 bits per heavy atom.